The molecule has 2 aliphatic rings. The number of methoxy groups -OCH3 is 1. The Bertz CT molecular complexity index is 1510. The van der Waals surface area contributed by atoms with Crippen molar-refractivity contribution in [3.63, 3.8) is 0 Å². The van der Waals surface area contributed by atoms with E-state index in [1.54, 1.807) is 54.7 Å². The van der Waals surface area contributed by atoms with Crippen molar-refractivity contribution in [2.45, 2.75) is 29.0 Å². The van der Waals surface area contributed by atoms with Gasteiger partial charge in [0.15, 0.2) is 5.54 Å². The van der Waals surface area contributed by atoms with Crippen LogP contribution in [0.3, 0.4) is 0 Å². The maximum atomic E-state index is 14.8. The highest BCUT2D eigenvalue weighted by Gasteiger charge is 2.63. The molecule has 3 atom stereocenters. The number of benzene rings is 2. The second-order valence-corrected chi connectivity index (χ2v) is 12.4. The fraction of sp³-hybridized carbons (Fsp3) is 0.308. The molecule has 5 rings (SSSR count). The van der Waals surface area contributed by atoms with Crippen molar-refractivity contribution in [2.75, 3.05) is 32.1 Å². The number of halogens is 1. The number of aliphatic hydroxyl groups excluding tert-OH is 1. The number of β-amino-alcohol motifs (C(OH)–C–C–N with tert-alkyl or cyclic N) is 1. The van der Waals surface area contributed by atoms with E-state index >= 15 is 0 Å². The molecule has 3 heterocycles. The number of sulfonamides is 1. The van der Waals surface area contributed by atoms with E-state index in [-0.39, 0.29) is 40.0 Å². The Morgan fingerprint density at radius 2 is 1.92 bits per heavy atom. The van der Waals surface area contributed by atoms with Crippen LogP contribution in [-0.2, 0) is 25.2 Å². The van der Waals surface area contributed by atoms with Crippen molar-refractivity contribution in [3.8, 4) is 5.75 Å². The fourth-order valence-electron chi connectivity index (χ4n) is 5.44. The number of nitrogens with zero attached hydrogens (tertiary/aromatic N) is 3. The van der Waals surface area contributed by atoms with Crippen LogP contribution in [0.4, 0.5) is 5.69 Å². The van der Waals surface area contributed by atoms with Gasteiger partial charge in [0.05, 0.1) is 29.8 Å². The van der Waals surface area contributed by atoms with Gasteiger partial charge >= 0.3 is 0 Å². The Morgan fingerprint density at radius 1 is 1.18 bits per heavy atom. The third-order valence-corrected chi connectivity index (χ3v) is 9.79. The molecule has 1 aromatic heterocycles. The van der Waals surface area contributed by atoms with Gasteiger partial charge in [0.25, 0.3) is 15.9 Å². The number of ether oxygens (including phenoxy) is 1. The molecule has 200 valence electrons. The van der Waals surface area contributed by atoms with E-state index in [1.165, 1.54) is 46.9 Å². The zero-order chi connectivity index (χ0) is 27.4. The molecular weight excluding hydrogens is 550 g/mol. The van der Waals surface area contributed by atoms with Crippen LogP contribution in [0.25, 0.3) is 0 Å². The molecule has 0 spiro atoms. The molecule has 0 radical (unpaired) electrons. The van der Waals surface area contributed by atoms with Gasteiger partial charge in [-0.1, -0.05) is 29.8 Å². The maximum absolute atomic E-state index is 14.8. The molecule has 12 heteroatoms. The lowest BCUT2D eigenvalue weighted by atomic mass is 9.80. The van der Waals surface area contributed by atoms with Crippen LogP contribution < -0.4 is 9.04 Å². The predicted molar refractivity (Wildman–Crippen MR) is 144 cm³/mol. The molecule has 2 aliphatic heterocycles. The number of carbonyl (C=O) groups excluding carboxylic acids is 2. The third-order valence-electron chi connectivity index (χ3n) is 7.03. The monoisotopic (exact) mass is 575 g/mol. The average molecular weight is 576 g/mol. The minimum Gasteiger partial charge on any atom is -0.496 e. The molecule has 1 fully saturated rings. The van der Waals surface area contributed by atoms with Gasteiger partial charge in [0, 0.05) is 42.2 Å². The maximum Gasteiger partial charge on any atom is 0.271 e. The van der Waals surface area contributed by atoms with Crippen molar-refractivity contribution in [1.82, 2.24) is 9.80 Å². The largest absolute Gasteiger partial charge is 0.496 e. The van der Waals surface area contributed by atoms with E-state index in [0.29, 0.717) is 11.3 Å². The fourth-order valence-corrected chi connectivity index (χ4v) is 8.09. The first-order valence-electron chi connectivity index (χ1n) is 11.8. The van der Waals surface area contributed by atoms with Crippen LogP contribution in [0, 0.1) is 0 Å². The molecule has 2 amide bonds. The van der Waals surface area contributed by atoms with Gasteiger partial charge in [-0.3, -0.25) is 14.5 Å². The molecule has 2 aromatic carbocycles. The summed E-state index contributed by atoms with van der Waals surface area (Å²) >= 11 is 7.65. The number of likely N-dealkylation sites (N-methyl/N-ethyl adjacent to an activating group) is 1. The van der Waals surface area contributed by atoms with E-state index in [2.05, 4.69) is 0 Å². The molecule has 1 saturated heterocycles. The number of rotatable bonds is 6. The molecule has 0 bridgehead atoms. The highest BCUT2D eigenvalue weighted by Crippen LogP contribution is 2.54. The minimum absolute atomic E-state index is 0.0325. The van der Waals surface area contributed by atoms with Gasteiger partial charge < -0.3 is 14.7 Å². The Hall–Kier alpha value is -2.96. The number of hydrogen-bond acceptors (Lipinski definition) is 8. The number of amides is 2. The normalized spacial score (nSPS) is 23.5. The summed E-state index contributed by atoms with van der Waals surface area (Å²) in [4.78, 5) is 31.2. The highest BCUT2D eigenvalue weighted by atomic mass is 35.5. The Morgan fingerprint density at radius 3 is 2.58 bits per heavy atom. The molecular formula is C26H26ClN3O6S2. The van der Waals surface area contributed by atoms with E-state index in [0.717, 1.165) is 4.31 Å². The number of fused-ring (bicyclic) bond motifs is 1. The van der Waals surface area contributed by atoms with Gasteiger partial charge in [-0.05, 0) is 42.1 Å². The average Bonchev–Trinajstić information content (AvgIpc) is 3.61. The van der Waals surface area contributed by atoms with Crippen LogP contribution in [0.1, 0.15) is 17.5 Å². The van der Waals surface area contributed by atoms with Crippen molar-refractivity contribution in [1.29, 1.82) is 0 Å². The lowest BCUT2D eigenvalue weighted by Gasteiger charge is -2.42. The van der Waals surface area contributed by atoms with Crippen molar-refractivity contribution in [2.24, 2.45) is 0 Å². The summed E-state index contributed by atoms with van der Waals surface area (Å²) in [6, 6.07) is 11.8. The van der Waals surface area contributed by atoms with Crippen LogP contribution >= 0.6 is 22.9 Å². The second-order valence-electron chi connectivity index (χ2n) is 9.40. The summed E-state index contributed by atoms with van der Waals surface area (Å²) in [5.41, 5.74) is -1.10. The standard InChI is InChI=1S/C26H26ClN3O6S2/c1-28(2)24(32)22-13-17(31)14-29(22)26(19-6-4-5-7-23(19)36-3)20-12-16(27)8-9-21(20)30(25(26)33)38(34,35)18-10-11-37-15-18/h4-12,15,17,22,31H,13-14H2,1-3H3/t17-,22+,26?/m1/s1. The summed E-state index contributed by atoms with van der Waals surface area (Å²) in [7, 11) is 0.295. The number of likely N-dealkylation sites (tertiary alicyclic amines) is 1. The van der Waals surface area contributed by atoms with Gasteiger partial charge in [0.1, 0.15) is 5.75 Å². The predicted octanol–water partition coefficient (Wildman–Crippen LogP) is 2.91. The topological polar surface area (TPSA) is 107 Å². The number of hydrogen-bond donors (Lipinski definition) is 1. The summed E-state index contributed by atoms with van der Waals surface area (Å²) in [5.74, 6) is -0.818. The highest BCUT2D eigenvalue weighted by molar-refractivity contribution is 7.93. The number of carbonyl (C=O) groups is 2. The first kappa shape index (κ1) is 26.6. The summed E-state index contributed by atoms with van der Waals surface area (Å²) in [6.07, 6.45) is -0.873. The van der Waals surface area contributed by atoms with Crippen LogP contribution in [0.5, 0.6) is 5.75 Å². The van der Waals surface area contributed by atoms with Crippen molar-refractivity contribution >= 4 is 50.5 Å². The minimum atomic E-state index is -4.34. The second kappa shape index (κ2) is 9.65. The first-order chi connectivity index (χ1) is 18.0. The summed E-state index contributed by atoms with van der Waals surface area (Å²) in [5, 5.41) is 14.2. The molecule has 1 N–H and O–H groups in total. The van der Waals surface area contributed by atoms with Crippen molar-refractivity contribution in [3.05, 3.63) is 75.4 Å². The number of thiophene rings is 1. The molecule has 1 unspecified atom stereocenters. The van der Waals surface area contributed by atoms with Gasteiger partial charge in [0.2, 0.25) is 5.91 Å². The quantitative estimate of drug-likeness (QED) is 0.481. The molecule has 3 aromatic rings. The molecule has 38 heavy (non-hydrogen) atoms. The zero-order valence-corrected chi connectivity index (χ0v) is 23.3. The number of para-hydroxylation sites is 1. The van der Waals surface area contributed by atoms with E-state index in [4.69, 9.17) is 16.3 Å². The Balaban J connectivity index is 1.88. The third kappa shape index (κ3) is 3.84. The van der Waals surface area contributed by atoms with Gasteiger partial charge in [-0.25, -0.2) is 12.7 Å². The van der Waals surface area contributed by atoms with Crippen LogP contribution in [0.15, 0.2) is 64.2 Å². The number of aliphatic hydroxyl groups is 1. The van der Waals surface area contributed by atoms with Crippen molar-refractivity contribution < 1.29 is 27.9 Å². The summed E-state index contributed by atoms with van der Waals surface area (Å²) in [6.45, 7) is -0.0632. The van der Waals surface area contributed by atoms with Crippen LogP contribution in [-0.4, -0.2) is 75.0 Å². The van der Waals surface area contributed by atoms with Gasteiger partial charge in [-0.2, -0.15) is 11.3 Å². The van der Waals surface area contributed by atoms with Gasteiger partial charge in [-0.15, -0.1) is 0 Å². The number of anilines is 1. The molecule has 0 saturated carbocycles. The smallest absolute Gasteiger partial charge is 0.271 e. The SMILES string of the molecule is COc1ccccc1C1(N2C[C@H](O)C[C@H]2C(=O)N(C)C)C(=O)N(S(=O)(=O)c2ccsc2)c2ccc(Cl)cc21. The Labute approximate surface area is 229 Å². The van der Waals surface area contributed by atoms with E-state index < -0.39 is 33.6 Å². The lowest BCUT2D eigenvalue weighted by molar-refractivity contribution is -0.138. The van der Waals surface area contributed by atoms with E-state index in [9.17, 15) is 23.1 Å². The molecule has 0 aliphatic carbocycles. The van der Waals surface area contributed by atoms with Crippen LogP contribution in [0.2, 0.25) is 5.02 Å². The Kier molecular flexibility index (Phi) is 6.77. The molecule has 9 nitrogen and oxygen atoms in total. The first-order valence-corrected chi connectivity index (χ1v) is 14.5. The zero-order valence-electron chi connectivity index (χ0n) is 20.9. The van der Waals surface area contributed by atoms with E-state index in [1.807, 2.05) is 0 Å². The summed E-state index contributed by atoms with van der Waals surface area (Å²) < 4.78 is 34.3. The lowest BCUT2D eigenvalue weighted by Crippen LogP contribution is -2.59.